The molecule has 0 bridgehead atoms. The lowest BCUT2D eigenvalue weighted by atomic mass is 9.86. The van der Waals surface area contributed by atoms with Crippen molar-refractivity contribution in [2.24, 2.45) is 0 Å². The van der Waals surface area contributed by atoms with Crippen LogP contribution in [0.3, 0.4) is 0 Å². The summed E-state index contributed by atoms with van der Waals surface area (Å²) in [6.45, 7) is 2.05. The number of nitrogens with zero attached hydrogens (tertiary/aromatic N) is 5. The number of hydrogen-bond donors (Lipinski definition) is 1. The Bertz CT molecular complexity index is 1220. The monoisotopic (exact) mass is 480 g/mol. The van der Waals surface area contributed by atoms with E-state index in [0.717, 1.165) is 41.9 Å². The maximum Gasteiger partial charge on any atom is 0.388 e. The van der Waals surface area contributed by atoms with Crippen molar-refractivity contribution >= 4 is 11.7 Å². The van der Waals surface area contributed by atoms with E-state index in [1.54, 1.807) is 31.5 Å². The van der Waals surface area contributed by atoms with Crippen molar-refractivity contribution in [3.8, 4) is 17.3 Å². The first-order chi connectivity index (χ1) is 16.8. The van der Waals surface area contributed by atoms with Crippen LogP contribution in [0.1, 0.15) is 42.5 Å². The standard InChI is InChI=1S/C25H26F2N6O2/c1-15(18-4-5-20(30-13-18)35-24(26)27)23(34)33-11-8-25(14-33)7-6-17-12-19(16(2)31-21(17)32-25)22-28-9-3-10-29-22/h3-5,9-10,12-13,15,24H,6-8,11,14H2,1-2H3,(H,31,32)/t15?,25-/m0/s1. The SMILES string of the molecule is Cc1nc2c(cc1-c1ncccn1)CC[C@@]1(CCN(C(=O)C(C)c3ccc(OC(F)F)nc3)C1)N2. The van der Waals surface area contributed by atoms with Gasteiger partial charge in [-0.3, -0.25) is 4.79 Å². The first-order valence-corrected chi connectivity index (χ1v) is 11.6. The molecule has 5 rings (SSSR count). The maximum absolute atomic E-state index is 13.2. The van der Waals surface area contributed by atoms with Crippen LogP contribution in [0, 0.1) is 6.92 Å². The fourth-order valence-corrected chi connectivity index (χ4v) is 4.89. The minimum absolute atomic E-state index is 0.0143. The summed E-state index contributed by atoms with van der Waals surface area (Å²) in [6.07, 6.45) is 7.43. The molecule has 5 heterocycles. The second kappa shape index (κ2) is 9.16. The normalized spacial score (nSPS) is 20.0. The number of aromatic nitrogens is 4. The highest BCUT2D eigenvalue weighted by Gasteiger charge is 2.43. The van der Waals surface area contributed by atoms with Crippen molar-refractivity contribution in [1.29, 1.82) is 0 Å². The molecule has 2 aliphatic rings. The molecule has 182 valence electrons. The molecule has 1 saturated heterocycles. The molecule has 3 aromatic heterocycles. The van der Waals surface area contributed by atoms with Crippen LogP contribution in [0.2, 0.25) is 0 Å². The zero-order valence-corrected chi connectivity index (χ0v) is 19.5. The molecular weight excluding hydrogens is 454 g/mol. The molecule has 35 heavy (non-hydrogen) atoms. The molecule has 1 spiro atoms. The van der Waals surface area contributed by atoms with E-state index in [4.69, 9.17) is 4.98 Å². The van der Waals surface area contributed by atoms with Gasteiger partial charge in [0.1, 0.15) is 5.82 Å². The van der Waals surface area contributed by atoms with Gasteiger partial charge in [0.05, 0.1) is 17.2 Å². The Morgan fingerprint density at radius 3 is 2.71 bits per heavy atom. The van der Waals surface area contributed by atoms with Crippen LogP contribution in [0.5, 0.6) is 5.88 Å². The van der Waals surface area contributed by atoms with E-state index in [1.807, 2.05) is 11.8 Å². The Morgan fingerprint density at radius 1 is 1.20 bits per heavy atom. The van der Waals surface area contributed by atoms with Crippen LogP contribution in [-0.4, -0.2) is 56.0 Å². The highest BCUT2D eigenvalue weighted by atomic mass is 19.3. The summed E-state index contributed by atoms with van der Waals surface area (Å²) >= 11 is 0. The molecule has 1 amide bonds. The van der Waals surface area contributed by atoms with Crippen LogP contribution in [-0.2, 0) is 11.2 Å². The van der Waals surface area contributed by atoms with E-state index >= 15 is 0 Å². The van der Waals surface area contributed by atoms with E-state index in [-0.39, 0.29) is 17.3 Å². The van der Waals surface area contributed by atoms with E-state index in [2.05, 4.69) is 31.1 Å². The molecule has 0 radical (unpaired) electrons. The molecule has 2 atom stereocenters. The number of ether oxygens (including phenoxy) is 1. The van der Waals surface area contributed by atoms with Crippen LogP contribution in [0.4, 0.5) is 14.6 Å². The largest absolute Gasteiger partial charge is 0.417 e. The van der Waals surface area contributed by atoms with Crippen LogP contribution >= 0.6 is 0 Å². The molecule has 1 unspecified atom stereocenters. The third-order valence-electron chi connectivity index (χ3n) is 6.86. The van der Waals surface area contributed by atoms with Gasteiger partial charge >= 0.3 is 6.61 Å². The Hall–Kier alpha value is -3.69. The average molecular weight is 481 g/mol. The van der Waals surface area contributed by atoms with Crippen molar-refractivity contribution in [2.75, 3.05) is 18.4 Å². The number of pyridine rings is 2. The third kappa shape index (κ3) is 4.65. The van der Waals surface area contributed by atoms with Crippen LogP contribution < -0.4 is 10.1 Å². The highest BCUT2D eigenvalue weighted by molar-refractivity contribution is 5.84. The topological polar surface area (TPSA) is 93.1 Å². The van der Waals surface area contributed by atoms with Gasteiger partial charge in [0.25, 0.3) is 0 Å². The number of likely N-dealkylation sites (tertiary alicyclic amines) is 1. The molecule has 8 nitrogen and oxygen atoms in total. The molecule has 10 heteroatoms. The zero-order valence-electron chi connectivity index (χ0n) is 19.5. The van der Waals surface area contributed by atoms with Crippen LogP contribution in [0.15, 0.2) is 42.9 Å². The summed E-state index contributed by atoms with van der Waals surface area (Å²) in [5, 5.41) is 3.64. The number of aryl methyl sites for hydroxylation is 2. The zero-order chi connectivity index (χ0) is 24.6. The predicted molar refractivity (Wildman–Crippen MR) is 125 cm³/mol. The number of fused-ring (bicyclic) bond motifs is 1. The molecule has 3 aromatic rings. The molecule has 2 aliphatic heterocycles. The molecule has 0 aromatic carbocycles. The Balaban J connectivity index is 1.28. The quantitative estimate of drug-likeness (QED) is 0.591. The number of alkyl halides is 2. The van der Waals surface area contributed by atoms with E-state index in [1.165, 1.54) is 12.3 Å². The van der Waals surface area contributed by atoms with Crippen LogP contribution in [0.25, 0.3) is 11.4 Å². The molecular formula is C25H26F2N6O2. The van der Waals surface area contributed by atoms with Gasteiger partial charge in [-0.25, -0.2) is 19.9 Å². The predicted octanol–water partition coefficient (Wildman–Crippen LogP) is 3.98. The van der Waals surface area contributed by atoms with Gasteiger partial charge < -0.3 is 15.0 Å². The highest BCUT2D eigenvalue weighted by Crippen LogP contribution is 2.38. The fourth-order valence-electron chi connectivity index (χ4n) is 4.89. The molecule has 0 saturated carbocycles. The number of halogens is 2. The van der Waals surface area contributed by atoms with Crippen molar-refractivity contribution in [3.63, 3.8) is 0 Å². The first kappa shape index (κ1) is 23.1. The van der Waals surface area contributed by atoms with Crippen molar-refractivity contribution < 1.29 is 18.3 Å². The number of nitrogens with one attached hydrogen (secondary N) is 1. The second-order valence-corrected chi connectivity index (χ2v) is 9.15. The lowest BCUT2D eigenvalue weighted by Gasteiger charge is -2.36. The summed E-state index contributed by atoms with van der Waals surface area (Å²) in [7, 11) is 0. The lowest BCUT2D eigenvalue weighted by Crippen LogP contribution is -2.46. The number of hydrogen-bond acceptors (Lipinski definition) is 7. The average Bonchev–Trinajstić information content (AvgIpc) is 3.26. The van der Waals surface area contributed by atoms with Gasteiger partial charge in [-0.2, -0.15) is 8.78 Å². The first-order valence-electron chi connectivity index (χ1n) is 11.6. The fraction of sp³-hybridized carbons (Fsp3) is 0.400. The number of anilines is 1. The van der Waals surface area contributed by atoms with Gasteiger partial charge in [0.2, 0.25) is 11.8 Å². The minimum atomic E-state index is -2.93. The second-order valence-electron chi connectivity index (χ2n) is 9.15. The Labute approximate surface area is 201 Å². The summed E-state index contributed by atoms with van der Waals surface area (Å²) < 4.78 is 29.0. The van der Waals surface area contributed by atoms with E-state index in [9.17, 15) is 13.6 Å². The Morgan fingerprint density at radius 2 is 2.00 bits per heavy atom. The lowest BCUT2D eigenvalue weighted by molar-refractivity contribution is -0.131. The van der Waals surface area contributed by atoms with Gasteiger partial charge in [0.15, 0.2) is 5.82 Å². The smallest absolute Gasteiger partial charge is 0.388 e. The third-order valence-corrected chi connectivity index (χ3v) is 6.86. The summed E-state index contributed by atoms with van der Waals surface area (Å²) in [4.78, 5) is 32.5. The summed E-state index contributed by atoms with van der Waals surface area (Å²) in [5.41, 5.74) is 3.34. The number of amides is 1. The molecule has 1 fully saturated rings. The minimum Gasteiger partial charge on any atom is -0.417 e. The van der Waals surface area contributed by atoms with Gasteiger partial charge in [0, 0.05) is 43.3 Å². The summed E-state index contributed by atoms with van der Waals surface area (Å²) in [5.74, 6) is 0.894. The number of rotatable bonds is 5. The number of carbonyl (C=O) groups is 1. The van der Waals surface area contributed by atoms with Gasteiger partial charge in [-0.05, 0) is 56.4 Å². The molecule has 1 N–H and O–H groups in total. The summed E-state index contributed by atoms with van der Waals surface area (Å²) in [6, 6.07) is 6.87. The molecule has 0 aliphatic carbocycles. The van der Waals surface area contributed by atoms with E-state index < -0.39 is 12.5 Å². The van der Waals surface area contributed by atoms with Gasteiger partial charge in [-0.1, -0.05) is 6.07 Å². The van der Waals surface area contributed by atoms with Crippen molar-refractivity contribution in [3.05, 3.63) is 59.7 Å². The Kier molecular flexibility index (Phi) is 6.04. The maximum atomic E-state index is 13.2. The van der Waals surface area contributed by atoms with Crippen molar-refractivity contribution in [2.45, 2.75) is 51.2 Å². The number of carbonyl (C=O) groups excluding carboxylic acids is 1. The van der Waals surface area contributed by atoms with E-state index in [0.29, 0.717) is 24.5 Å². The van der Waals surface area contributed by atoms with Gasteiger partial charge in [-0.15, -0.1) is 0 Å². The van der Waals surface area contributed by atoms with Crippen molar-refractivity contribution in [1.82, 2.24) is 24.8 Å².